The fourth-order valence-corrected chi connectivity index (χ4v) is 2.53. The quantitative estimate of drug-likeness (QED) is 0.596. The van der Waals surface area contributed by atoms with Crippen molar-refractivity contribution in [3.8, 4) is 0 Å². The summed E-state index contributed by atoms with van der Waals surface area (Å²) in [4.78, 5) is 0.124. The van der Waals surface area contributed by atoms with E-state index in [-0.39, 0.29) is 4.90 Å². The van der Waals surface area contributed by atoms with Gasteiger partial charge in [0.05, 0.1) is 11.9 Å². The molecule has 0 unspecified atom stereocenters. The van der Waals surface area contributed by atoms with Crippen LogP contribution in [-0.2, 0) is 16.6 Å². The molecule has 0 bridgehead atoms. The lowest BCUT2D eigenvalue weighted by Crippen LogP contribution is -2.20. The van der Waals surface area contributed by atoms with E-state index >= 15 is 0 Å². The number of nitrogen functional groups attached to an aromatic ring is 1. The van der Waals surface area contributed by atoms with Crippen LogP contribution in [0.15, 0.2) is 35.5 Å². The van der Waals surface area contributed by atoms with E-state index < -0.39 is 10.0 Å². The molecule has 0 aliphatic carbocycles. The lowest BCUT2D eigenvalue weighted by atomic mass is 10.2. The van der Waals surface area contributed by atoms with Gasteiger partial charge < -0.3 is 11.1 Å². The number of hydrogen-bond donors (Lipinski definition) is 4. The van der Waals surface area contributed by atoms with Crippen LogP contribution in [0.1, 0.15) is 5.56 Å². The Kier molecular flexibility index (Phi) is 3.72. The topological polar surface area (TPSA) is 113 Å². The van der Waals surface area contributed by atoms with Crippen LogP contribution in [0, 0.1) is 0 Å². The first-order valence-corrected chi connectivity index (χ1v) is 7.06. The zero-order valence-electron chi connectivity index (χ0n) is 10.3. The van der Waals surface area contributed by atoms with Crippen molar-refractivity contribution in [2.24, 2.45) is 0 Å². The van der Waals surface area contributed by atoms with Crippen molar-refractivity contribution < 1.29 is 8.42 Å². The van der Waals surface area contributed by atoms with Gasteiger partial charge in [-0.3, -0.25) is 5.10 Å². The SMILES string of the molecule is CNS(=O)(=O)c1cc(N)ccc1NCc1cn[nH]c1. The molecule has 1 aromatic carbocycles. The molecule has 0 saturated carbocycles. The first kappa shape index (κ1) is 13.4. The Bertz CT molecular complexity index is 652. The number of nitrogens with one attached hydrogen (secondary N) is 3. The Morgan fingerprint density at radius 3 is 2.84 bits per heavy atom. The van der Waals surface area contributed by atoms with E-state index in [1.165, 1.54) is 13.1 Å². The average molecular weight is 281 g/mol. The highest BCUT2D eigenvalue weighted by Crippen LogP contribution is 2.24. The van der Waals surface area contributed by atoms with Crippen LogP contribution in [0.3, 0.4) is 0 Å². The van der Waals surface area contributed by atoms with Gasteiger partial charge >= 0.3 is 0 Å². The van der Waals surface area contributed by atoms with E-state index in [0.717, 1.165) is 5.56 Å². The van der Waals surface area contributed by atoms with Crippen LogP contribution in [-0.4, -0.2) is 25.7 Å². The molecule has 19 heavy (non-hydrogen) atoms. The number of anilines is 2. The third-order valence-electron chi connectivity index (χ3n) is 2.60. The molecule has 0 aliphatic heterocycles. The molecule has 2 rings (SSSR count). The number of hydrogen-bond acceptors (Lipinski definition) is 5. The summed E-state index contributed by atoms with van der Waals surface area (Å²) in [6.45, 7) is 0.465. The second kappa shape index (κ2) is 5.29. The standard InChI is InChI=1S/C11H15N5O2S/c1-13-19(17,18)11-4-9(12)2-3-10(11)14-5-8-6-15-16-7-8/h2-4,6-7,13-14H,5,12H2,1H3,(H,15,16). The maximum Gasteiger partial charge on any atom is 0.242 e. The zero-order valence-corrected chi connectivity index (χ0v) is 11.2. The van der Waals surface area contributed by atoms with Crippen LogP contribution >= 0.6 is 0 Å². The number of H-pyrrole nitrogens is 1. The molecular weight excluding hydrogens is 266 g/mol. The number of aromatic amines is 1. The van der Waals surface area contributed by atoms with Gasteiger partial charge in [0, 0.05) is 24.0 Å². The van der Waals surface area contributed by atoms with Gasteiger partial charge in [0.25, 0.3) is 0 Å². The summed E-state index contributed by atoms with van der Waals surface area (Å²) < 4.78 is 26.1. The highest BCUT2D eigenvalue weighted by molar-refractivity contribution is 7.89. The molecule has 0 atom stereocenters. The molecule has 0 amide bonds. The molecule has 0 aliphatic rings. The average Bonchev–Trinajstić information content (AvgIpc) is 2.90. The van der Waals surface area contributed by atoms with Gasteiger partial charge in [0.1, 0.15) is 4.90 Å². The number of aromatic nitrogens is 2. The van der Waals surface area contributed by atoms with Crippen LogP contribution in [0.4, 0.5) is 11.4 Å². The van der Waals surface area contributed by atoms with Crippen LogP contribution in [0.25, 0.3) is 0 Å². The summed E-state index contributed by atoms with van der Waals surface area (Å²) in [5.41, 5.74) is 7.44. The molecule has 1 heterocycles. The fourth-order valence-electron chi connectivity index (χ4n) is 1.59. The number of nitrogens with two attached hydrogens (primary N) is 1. The number of rotatable bonds is 5. The Morgan fingerprint density at radius 2 is 2.21 bits per heavy atom. The van der Waals surface area contributed by atoms with Gasteiger partial charge in [0.15, 0.2) is 0 Å². The summed E-state index contributed by atoms with van der Waals surface area (Å²) in [6, 6.07) is 4.70. The minimum absolute atomic E-state index is 0.124. The molecule has 5 N–H and O–H groups in total. The normalized spacial score (nSPS) is 11.4. The van der Waals surface area contributed by atoms with Crippen molar-refractivity contribution in [3.63, 3.8) is 0 Å². The van der Waals surface area contributed by atoms with Crippen molar-refractivity contribution in [1.29, 1.82) is 0 Å². The van der Waals surface area contributed by atoms with E-state index in [9.17, 15) is 8.42 Å². The molecule has 0 saturated heterocycles. The van der Waals surface area contributed by atoms with Crippen molar-refractivity contribution in [3.05, 3.63) is 36.2 Å². The van der Waals surface area contributed by atoms with E-state index in [0.29, 0.717) is 17.9 Å². The molecule has 7 nitrogen and oxygen atoms in total. The van der Waals surface area contributed by atoms with Gasteiger partial charge in [-0.1, -0.05) is 0 Å². The van der Waals surface area contributed by atoms with Crippen LogP contribution < -0.4 is 15.8 Å². The van der Waals surface area contributed by atoms with E-state index in [1.807, 2.05) is 0 Å². The third kappa shape index (κ3) is 3.04. The van der Waals surface area contributed by atoms with Crippen LogP contribution in [0.5, 0.6) is 0 Å². The molecule has 8 heteroatoms. The maximum atomic E-state index is 11.9. The third-order valence-corrected chi connectivity index (χ3v) is 4.06. The lowest BCUT2D eigenvalue weighted by molar-refractivity contribution is 0.588. The first-order chi connectivity index (χ1) is 9.03. The number of sulfonamides is 1. The molecule has 1 aromatic heterocycles. The van der Waals surface area contributed by atoms with Gasteiger partial charge in [-0.2, -0.15) is 5.10 Å². The van der Waals surface area contributed by atoms with Gasteiger partial charge in [-0.25, -0.2) is 13.1 Å². The second-order valence-corrected chi connectivity index (χ2v) is 5.78. The minimum atomic E-state index is -3.56. The molecule has 102 valence electrons. The summed E-state index contributed by atoms with van der Waals surface area (Å²) in [5.74, 6) is 0. The summed E-state index contributed by atoms with van der Waals surface area (Å²) >= 11 is 0. The Morgan fingerprint density at radius 1 is 1.42 bits per heavy atom. The van der Waals surface area contributed by atoms with Crippen molar-refractivity contribution >= 4 is 21.4 Å². The number of nitrogens with zero attached hydrogens (tertiary/aromatic N) is 1. The van der Waals surface area contributed by atoms with Crippen LogP contribution in [0.2, 0.25) is 0 Å². The Balaban J connectivity index is 2.30. The largest absolute Gasteiger partial charge is 0.399 e. The van der Waals surface area contributed by atoms with E-state index in [1.54, 1.807) is 24.5 Å². The monoisotopic (exact) mass is 281 g/mol. The van der Waals surface area contributed by atoms with E-state index in [2.05, 4.69) is 20.2 Å². The minimum Gasteiger partial charge on any atom is -0.399 e. The maximum absolute atomic E-state index is 11.9. The highest BCUT2D eigenvalue weighted by atomic mass is 32.2. The smallest absolute Gasteiger partial charge is 0.242 e. The zero-order chi connectivity index (χ0) is 13.9. The predicted octanol–water partition coefficient (Wildman–Crippen LogP) is 0.512. The lowest BCUT2D eigenvalue weighted by Gasteiger charge is -2.12. The molecule has 0 fully saturated rings. The highest BCUT2D eigenvalue weighted by Gasteiger charge is 2.16. The van der Waals surface area contributed by atoms with E-state index in [4.69, 9.17) is 5.73 Å². The summed E-state index contributed by atoms with van der Waals surface area (Å²) in [5, 5.41) is 9.56. The fraction of sp³-hybridized carbons (Fsp3) is 0.182. The Labute approximate surface area is 111 Å². The van der Waals surface area contributed by atoms with Crippen molar-refractivity contribution in [2.75, 3.05) is 18.1 Å². The predicted molar refractivity (Wildman–Crippen MR) is 73.0 cm³/mol. The second-order valence-electron chi connectivity index (χ2n) is 3.92. The van der Waals surface area contributed by atoms with Crippen molar-refractivity contribution in [2.45, 2.75) is 11.4 Å². The van der Waals surface area contributed by atoms with Crippen molar-refractivity contribution in [1.82, 2.24) is 14.9 Å². The molecule has 2 aromatic rings. The summed E-state index contributed by atoms with van der Waals surface area (Å²) in [7, 11) is -2.20. The van der Waals surface area contributed by atoms with Gasteiger partial charge in [-0.15, -0.1) is 0 Å². The summed E-state index contributed by atoms with van der Waals surface area (Å²) in [6.07, 6.45) is 3.40. The number of benzene rings is 1. The molecular formula is C11H15N5O2S. The Hall–Kier alpha value is -2.06. The first-order valence-electron chi connectivity index (χ1n) is 5.57. The molecule has 0 radical (unpaired) electrons. The molecule has 0 spiro atoms. The van der Waals surface area contributed by atoms with Gasteiger partial charge in [0.2, 0.25) is 10.0 Å². The van der Waals surface area contributed by atoms with Gasteiger partial charge in [-0.05, 0) is 25.2 Å².